The topological polar surface area (TPSA) is 49.4 Å². The molecule has 1 aliphatic heterocycles. The van der Waals surface area contributed by atoms with Crippen LogP contribution in [0.25, 0.3) is 0 Å². The van der Waals surface area contributed by atoms with E-state index in [2.05, 4.69) is 11.9 Å². The molecular formula is C14H14N2O2. The van der Waals surface area contributed by atoms with E-state index in [0.717, 1.165) is 10.5 Å². The van der Waals surface area contributed by atoms with Gasteiger partial charge in [-0.3, -0.25) is 9.59 Å². The number of aryl methyl sites for hydroxylation is 1. The molecule has 0 atom stereocenters. The zero-order valence-corrected chi connectivity index (χ0v) is 10.1. The number of carbonyl (C=O) groups excluding carboxylic acids is 2. The molecular weight excluding hydrogens is 228 g/mol. The molecule has 0 spiro atoms. The number of anilines is 1. The SMILES string of the molecule is C=CCNC1=CC(=O)N(c2ccc(C)cc2)C1=O. The van der Waals surface area contributed by atoms with Crippen LogP contribution in [-0.4, -0.2) is 18.4 Å². The van der Waals surface area contributed by atoms with Gasteiger partial charge in [0.2, 0.25) is 0 Å². The Balaban J connectivity index is 2.22. The maximum atomic E-state index is 12.0. The van der Waals surface area contributed by atoms with Crippen molar-refractivity contribution in [2.24, 2.45) is 0 Å². The second-order valence-corrected chi connectivity index (χ2v) is 4.04. The average molecular weight is 242 g/mol. The molecule has 1 aromatic rings. The maximum absolute atomic E-state index is 12.0. The number of nitrogens with zero attached hydrogens (tertiary/aromatic N) is 1. The fourth-order valence-electron chi connectivity index (χ4n) is 1.72. The van der Waals surface area contributed by atoms with Crippen LogP contribution in [0, 0.1) is 6.92 Å². The minimum atomic E-state index is -0.328. The molecule has 0 saturated heterocycles. The number of amides is 2. The number of hydrogen-bond acceptors (Lipinski definition) is 3. The molecule has 0 bridgehead atoms. The van der Waals surface area contributed by atoms with E-state index in [1.165, 1.54) is 6.08 Å². The summed E-state index contributed by atoms with van der Waals surface area (Å²) in [7, 11) is 0. The van der Waals surface area contributed by atoms with Gasteiger partial charge in [0, 0.05) is 12.6 Å². The van der Waals surface area contributed by atoms with E-state index in [4.69, 9.17) is 0 Å². The van der Waals surface area contributed by atoms with Crippen molar-refractivity contribution >= 4 is 17.5 Å². The van der Waals surface area contributed by atoms with Crippen LogP contribution in [0.1, 0.15) is 5.56 Å². The highest BCUT2D eigenvalue weighted by Gasteiger charge is 2.31. The molecule has 18 heavy (non-hydrogen) atoms. The van der Waals surface area contributed by atoms with E-state index < -0.39 is 0 Å². The van der Waals surface area contributed by atoms with Crippen LogP contribution in [-0.2, 0) is 9.59 Å². The second-order valence-electron chi connectivity index (χ2n) is 4.04. The van der Waals surface area contributed by atoms with Gasteiger partial charge < -0.3 is 5.32 Å². The van der Waals surface area contributed by atoms with Gasteiger partial charge in [-0.1, -0.05) is 23.8 Å². The van der Waals surface area contributed by atoms with Crippen molar-refractivity contribution in [3.8, 4) is 0 Å². The molecule has 0 unspecified atom stereocenters. The van der Waals surface area contributed by atoms with E-state index >= 15 is 0 Å². The smallest absolute Gasteiger partial charge is 0.281 e. The van der Waals surface area contributed by atoms with Crippen molar-refractivity contribution in [1.82, 2.24) is 5.32 Å². The molecule has 0 aromatic heterocycles. The number of carbonyl (C=O) groups is 2. The minimum Gasteiger partial charge on any atom is -0.377 e. The van der Waals surface area contributed by atoms with Crippen molar-refractivity contribution in [3.63, 3.8) is 0 Å². The van der Waals surface area contributed by atoms with Gasteiger partial charge in [0.1, 0.15) is 5.70 Å². The number of rotatable bonds is 4. The first-order valence-corrected chi connectivity index (χ1v) is 5.65. The first kappa shape index (κ1) is 12.1. The van der Waals surface area contributed by atoms with Crippen LogP contribution in [0.4, 0.5) is 5.69 Å². The van der Waals surface area contributed by atoms with Gasteiger partial charge >= 0.3 is 0 Å². The maximum Gasteiger partial charge on any atom is 0.281 e. The van der Waals surface area contributed by atoms with Crippen molar-refractivity contribution in [2.45, 2.75) is 6.92 Å². The van der Waals surface area contributed by atoms with E-state index in [-0.39, 0.29) is 11.8 Å². The first-order valence-electron chi connectivity index (χ1n) is 5.65. The van der Waals surface area contributed by atoms with Crippen LogP contribution in [0.2, 0.25) is 0 Å². The number of benzene rings is 1. The van der Waals surface area contributed by atoms with Crippen LogP contribution in [0.15, 0.2) is 48.7 Å². The van der Waals surface area contributed by atoms with Gasteiger partial charge in [-0.05, 0) is 19.1 Å². The average Bonchev–Trinajstić information content (AvgIpc) is 2.63. The Kier molecular flexibility index (Phi) is 3.28. The molecule has 92 valence electrons. The summed E-state index contributed by atoms with van der Waals surface area (Å²) in [6.07, 6.45) is 2.94. The Morgan fingerprint density at radius 1 is 1.28 bits per heavy atom. The fourth-order valence-corrected chi connectivity index (χ4v) is 1.72. The molecule has 1 heterocycles. The molecule has 0 aliphatic carbocycles. The lowest BCUT2D eigenvalue weighted by Crippen LogP contribution is -2.33. The largest absolute Gasteiger partial charge is 0.377 e. The summed E-state index contributed by atoms with van der Waals surface area (Å²) in [6.45, 7) is 5.96. The van der Waals surface area contributed by atoms with Crippen molar-refractivity contribution < 1.29 is 9.59 Å². The van der Waals surface area contributed by atoms with Gasteiger partial charge in [-0.25, -0.2) is 4.90 Å². The summed E-state index contributed by atoms with van der Waals surface area (Å²) in [5.74, 6) is -0.652. The second kappa shape index (κ2) is 4.87. The van der Waals surface area contributed by atoms with Gasteiger partial charge in [-0.2, -0.15) is 0 Å². The normalized spacial score (nSPS) is 14.7. The zero-order valence-electron chi connectivity index (χ0n) is 10.1. The Hall–Kier alpha value is -2.36. The molecule has 1 aliphatic rings. The molecule has 1 aromatic carbocycles. The Labute approximate surface area is 106 Å². The highest BCUT2D eigenvalue weighted by Crippen LogP contribution is 2.21. The summed E-state index contributed by atoms with van der Waals surface area (Å²) >= 11 is 0. The lowest BCUT2D eigenvalue weighted by Gasteiger charge is -2.15. The van der Waals surface area contributed by atoms with Crippen molar-refractivity contribution in [3.05, 3.63) is 54.3 Å². The molecule has 0 radical (unpaired) electrons. The first-order chi connectivity index (χ1) is 8.63. The third kappa shape index (κ3) is 2.18. The van der Waals surface area contributed by atoms with Gasteiger partial charge in [0.05, 0.1) is 5.69 Å². The minimum absolute atomic E-state index is 0.306. The predicted molar refractivity (Wildman–Crippen MR) is 70.0 cm³/mol. The Morgan fingerprint density at radius 3 is 2.56 bits per heavy atom. The number of nitrogens with one attached hydrogen (secondary N) is 1. The third-order valence-electron chi connectivity index (χ3n) is 2.65. The lowest BCUT2D eigenvalue weighted by molar-refractivity contribution is -0.120. The highest BCUT2D eigenvalue weighted by molar-refractivity contribution is 6.30. The summed E-state index contributed by atoms with van der Waals surface area (Å²) in [6, 6.07) is 7.25. The zero-order chi connectivity index (χ0) is 13.1. The number of hydrogen-bond donors (Lipinski definition) is 1. The van der Waals surface area contributed by atoms with E-state index in [0.29, 0.717) is 17.9 Å². The van der Waals surface area contributed by atoms with Gasteiger partial charge in [0.15, 0.2) is 0 Å². The summed E-state index contributed by atoms with van der Waals surface area (Å²) < 4.78 is 0. The Bertz CT molecular complexity index is 529. The van der Waals surface area contributed by atoms with Crippen LogP contribution < -0.4 is 10.2 Å². The van der Waals surface area contributed by atoms with Crippen LogP contribution >= 0.6 is 0 Å². The highest BCUT2D eigenvalue weighted by atomic mass is 16.2. The quantitative estimate of drug-likeness (QED) is 0.643. The van der Waals surface area contributed by atoms with Crippen LogP contribution in [0.3, 0.4) is 0 Å². The van der Waals surface area contributed by atoms with E-state index in [1.807, 2.05) is 19.1 Å². The van der Waals surface area contributed by atoms with Crippen molar-refractivity contribution in [2.75, 3.05) is 11.4 Å². The van der Waals surface area contributed by atoms with E-state index in [9.17, 15) is 9.59 Å². The molecule has 1 N–H and O–H groups in total. The molecule has 2 rings (SSSR count). The fraction of sp³-hybridized carbons (Fsp3) is 0.143. The molecule has 0 saturated carbocycles. The molecule has 4 heteroatoms. The molecule has 4 nitrogen and oxygen atoms in total. The van der Waals surface area contributed by atoms with E-state index in [1.54, 1.807) is 18.2 Å². The molecule has 0 fully saturated rings. The lowest BCUT2D eigenvalue weighted by atomic mass is 10.2. The molecule has 2 amide bonds. The standard InChI is InChI=1S/C14H14N2O2/c1-3-8-15-12-9-13(17)16(14(12)18)11-6-4-10(2)5-7-11/h3-7,9,15H,1,8H2,2H3. The van der Waals surface area contributed by atoms with Crippen molar-refractivity contribution in [1.29, 1.82) is 0 Å². The third-order valence-corrected chi connectivity index (χ3v) is 2.65. The summed E-state index contributed by atoms with van der Waals surface area (Å²) in [5.41, 5.74) is 1.97. The van der Waals surface area contributed by atoms with Gasteiger partial charge in [-0.15, -0.1) is 6.58 Å². The summed E-state index contributed by atoms with van der Waals surface area (Å²) in [5, 5.41) is 2.85. The predicted octanol–water partition coefficient (Wildman–Crippen LogP) is 1.53. The number of imide groups is 1. The Morgan fingerprint density at radius 2 is 1.94 bits per heavy atom. The van der Waals surface area contributed by atoms with Gasteiger partial charge in [0.25, 0.3) is 11.8 Å². The van der Waals surface area contributed by atoms with Crippen LogP contribution in [0.5, 0.6) is 0 Å². The monoisotopic (exact) mass is 242 g/mol. The summed E-state index contributed by atoms with van der Waals surface area (Å²) in [4.78, 5) is 25.0.